The SMILES string of the molecule is CCCN1C(=O)c2[nH]nc(-c3cc(Cl)c(C)cc3O)c2C1c1ccc(OCC)cc1. The Morgan fingerprint density at radius 1 is 1.23 bits per heavy atom. The summed E-state index contributed by atoms with van der Waals surface area (Å²) >= 11 is 6.32. The van der Waals surface area contributed by atoms with Crippen molar-refractivity contribution in [1.29, 1.82) is 0 Å². The molecule has 6 nitrogen and oxygen atoms in total. The van der Waals surface area contributed by atoms with Crippen LogP contribution < -0.4 is 4.74 Å². The van der Waals surface area contributed by atoms with Gasteiger partial charge in [0.2, 0.25) is 0 Å². The Kier molecular flexibility index (Phi) is 5.43. The maximum absolute atomic E-state index is 13.1. The third kappa shape index (κ3) is 3.31. The first-order valence-electron chi connectivity index (χ1n) is 10.1. The smallest absolute Gasteiger partial charge is 0.273 e. The lowest BCUT2D eigenvalue weighted by Gasteiger charge is -2.26. The number of nitrogens with one attached hydrogen (secondary N) is 1. The Hall–Kier alpha value is -2.99. The molecule has 156 valence electrons. The van der Waals surface area contributed by atoms with Crippen LogP contribution in [0.1, 0.15) is 53.5 Å². The van der Waals surface area contributed by atoms with E-state index < -0.39 is 0 Å². The van der Waals surface area contributed by atoms with Crippen molar-refractivity contribution in [3.8, 4) is 22.8 Å². The number of rotatable bonds is 6. The van der Waals surface area contributed by atoms with Crippen LogP contribution in [-0.4, -0.2) is 39.3 Å². The normalized spacial score (nSPS) is 15.5. The molecule has 2 aromatic carbocycles. The van der Waals surface area contributed by atoms with E-state index in [0.717, 1.165) is 28.9 Å². The summed E-state index contributed by atoms with van der Waals surface area (Å²) in [7, 11) is 0. The number of carbonyl (C=O) groups excluding carboxylic acids is 1. The largest absolute Gasteiger partial charge is 0.507 e. The molecule has 3 aromatic rings. The van der Waals surface area contributed by atoms with Gasteiger partial charge in [0.1, 0.15) is 22.9 Å². The van der Waals surface area contributed by atoms with E-state index in [4.69, 9.17) is 16.3 Å². The molecule has 0 aliphatic carbocycles. The summed E-state index contributed by atoms with van der Waals surface area (Å²) in [5, 5.41) is 18.4. The van der Waals surface area contributed by atoms with E-state index in [1.165, 1.54) is 0 Å². The molecular weight excluding hydrogens is 402 g/mol. The number of hydrogen-bond donors (Lipinski definition) is 2. The van der Waals surface area contributed by atoms with Crippen LogP contribution in [0.2, 0.25) is 5.02 Å². The predicted octanol–water partition coefficient (Wildman–Crippen LogP) is 5.10. The second-order valence-electron chi connectivity index (χ2n) is 7.38. The van der Waals surface area contributed by atoms with Crippen LogP contribution in [-0.2, 0) is 0 Å². The minimum absolute atomic E-state index is 0.0815. The van der Waals surface area contributed by atoms with E-state index in [9.17, 15) is 9.90 Å². The van der Waals surface area contributed by atoms with Gasteiger partial charge in [-0.25, -0.2) is 0 Å². The molecule has 7 heteroatoms. The monoisotopic (exact) mass is 425 g/mol. The number of hydrogen-bond acceptors (Lipinski definition) is 4. The number of carbonyl (C=O) groups is 1. The molecule has 1 aromatic heterocycles. The van der Waals surface area contributed by atoms with Crippen LogP contribution >= 0.6 is 11.6 Å². The van der Waals surface area contributed by atoms with Gasteiger partial charge in [0, 0.05) is 22.7 Å². The fraction of sp³-hybridized carbons (Fsp3) is 0.304. The number of phenolic OH excluding ortho intramolecular Hbond substituents is 1. The Morgan fingerprint density at radius 3 is 2.63 bits per heavy atom. The van der Waals surface area contributed by atoms with Gasteiger partial charge >= 0.3 is 0 Å². The molecule has 2 N–H and O–H groups in total. The molecule has 0 fully saturated rings. The van der Waals surface area contributed by atoms with Gasteiger partial charge in [0.15, 0.2) is 0 Å². The zero-order chi connectivity index (χ0) is 21.4. The average molecular weight is 426 g/mol. The maximum Gasteiger partial charge on any atom is 0.273 e. The van der Waals surface area contributed by atoms with Crippen molar-refractivity contribution in [3.63, 3.8) is 0 Å². The number of fused-ring (bicyclic) bond motifs is 1. The summed E-state index contributed by atoms with van der Waals surface area (Å²) in [6.07, 6.45) is 0.827. The van der Waals surface area contributed by atoms with E-state index >= 15 is 0 Å². The third-order valence-electron chi connectivity index (χ3n) is 5.37. The molecule has 1 unspecified atom stereocenters. The Morgan fingerprint density at radius 2 is 1.97 bits per heavy atom. The lowest BCUT2D eigenvalue weighted by atomic mass is 9.95. The van der Waals surface area contributed by atoms with Gasteiger partial charge in [-0.2, -0.15) is 5.10 Å². The first kappa shape index (κ1) is 20.3. The third-order valence-corrected chi connectivity index (χ3v) is 5.77. The number of aromatic hydroxyl groups is 1. The molecule has 1 amide bonds. The van der Waals surface area contributed by atoms with Crippen molar-refractivity contribution < 1.29 is 14.6 Å². The topological polar surface area (TPSA) is 78.5 Å². The van der Waals surface area contributed by atoms with Crippen molar-refractivity contribution in [2.24, 2.45) is 0 Å². The van der Waals surface area contributed by atoms with Gasteiger partial charge in [-0.1, -0.05) is 30.7 Å². The summed E-state index contributed by atoms with van der Waals surface area (Å²) in [5.74, 6) is 0.767. The van der Waals surface area contributed by atoms with E-state index in [1.54, 1.807) is 12.1 Å². The predicted molar refractivity (Wildman–Crippen MR) is 116 cm³/mol. The van der Waals surface area contributed by atoms with Gasteiger partial charge in [-0.15, -0.1) is 0 Å². The highest BCUT2D eigenvalue weighted by Crippen LogP contribution is 2.45. The van der Waals surface area contributed by atoms with Crippen LogP contribution in [0.25, 0.3) is 11.3 Å². The zero-order valence-corrected chi connectivity index (χ0v) is 18.0. The number of aromatic nitrogens is 2. The number of aromatic amines is 1. The fourth-order valence-electron chi connectivity index (χ4n) is 3.99. The Labute approximate surface area is 180 Å². The number of phenols is 1. The Bertz CT molecular complexity index is 1090. The highest BCUT2D eigenvalue weighted by Gasteiger charge is 2.42. The summed E-state index contributed by atoms with van der Waals surface area (Å²) in [5.41, 5.74) is 3.98. The second-order valence-corrected chi connectivity index (χ2v) is 7.79. The number of benzene rings is 2. The van der Waals surface area contributed by atoms with Crippen LogP contribution in [0.3, 0.4) is 0 Å². The van der Waals surface area contributed by atoms with Crippen LogP contribution in [0.4, 0.5) is 0 Å². The molecular formula is C23H24ClN3O3. The highest BCUT2D eigenvalue weighted by atomic mass is 35.5. The van der Waals surface area contributed by atoms with Crippen molar-refractivity contribution in [3.05, 3.63) is 63.8 Å². The summed E-state index contributed by atoms with van der Waals surface area (Å²) in [6.45, 7) is 7.01. The molecule has 1 atom stereocenters. The molecule has 30 heavy (non-hydrogen) atoms. The molecule has 1 aliphatic rings. The Balaban J connectivity index is 1.87. The molecule has 0 spiro atoms. The van der Waals surface area contributed by atoms with Crippen molar-refractivity contribution in [2.45, 2.75) is 33.2 Å². The van der Waals surface area contributed by atoms with E-state index in [2.05, 4.69) is 10.2 Å². The lowest BCUT2D eigenvalue weighted by Crippen LogP contribution is -2.30. The molecule has 1 aliphatic heterocycles. The van der Waals surface area contributed by atoms with Crippen molar-refractivity contribution in [2.75, 3.05) is 13.2 Å². The molecule has 4 rings (SSSR count). The highest BCUT2D eigenvalue weighted by molar-refractivity contribution is 6.31. The molecule has 0 saturated carbocycles. The van der Waals surface area contributed by atoms with Gasteiger partial charge in [-0.3, -0.25) is 9.89 Å². The number of aryl methyl sites for hydroxylation is 1. The molecule has 0 bridgehead atoms. The second kappa shape index (κ2) is 8.03. The number of nitrogens with zero attached hydrogens (tertiary/aromatic N) is 2. The standard InChI is InChI=1S/C23H24ClN3O3/c1-4-10-27-22(14-6-8-15(9-7-14)30-5-2)19-20(25-26-21(19)23(27)29)16-12-17(24)13(3)11-18(16)28/h6-9,11-12,22,28H,4-5,10H2,1-3H3,(H,25,26). The number of halogens is 1. The number of H-pyrrole nitrogens is 1. The zero-order valence-electron chi connectivity index (χ0n) is 17.2. The van der Waals surface area contributed by atoms with Gasteiger partial charge in [-0.05, 0) is 55.7 Å². The average Bonchev–Trinajstić information content (AvgIpc) is 3.26. The van der Waals surface area contributed by atoms with E-state index in [1.807, 2.05) is 49.9 Å². The maximum atomic E-state index is 13.1. The quantitative estimate of drug-likeness (QED) is 0.576. The van der Waals surface area contributed by atoms with E-state index in [0.29, 0.717) is 35.1 Å². The van der Waals surface area contributed by atoms with Crippen molar-refractivity contribution in [1.82, 2.24) is 15.1 Å². The summed E-state index contributed by atoms with van der Waals surface area (Å²) in [4.78, 5) is 15.0. The number of amides is 1. The minimum atomic E-state index is -0.309. The minimum Gasteiger partial charge on any atom is -0.507 e. The number of ether oxygens (including phenoxy) is 1. The first-order chi connectivity index (χ1) is 14.5. The van der Waals surface area contributed by atoms with Gasteiger partial charge < -0.3 is 14.7 Å². The first-order valence-corrected chi connectivity index (χ1v) is 10.5. The molecule has 0 radical (unpaired) electrons. The molecule has 2 heterocycles. The van der Waals surface area contributed by atoms with Crippen LogP contribution in [0, 0.1) is 6.92 Å². The summed E-state index contributed by atoms with van der Waals surface area (Å²) in [6, 6.07) is 10.8. The lowest BCUT2D eigenvalue weighted by molar-refractivity contribution is 0.0744. The van der Waals surface area contributed by atoms with E-state index in [-0.39, 0.29) is 17.7 Å². The molecule has 0 saturated heterocycles. The summed E-state index contributed by atoms with van der Waals surface area (Å²) < 4.78 is 5.56. The van der Waals surface area contributed by atoms with Crippen LogP contribution in [0.15, 0.2) is 36.4 Å². The van der Waals surface area contributed by atoms with Gasteiger partial charge in [0.25, 0.3) is 5.91 Å². The van der Waals surface area contributed by atoms with Crippen molar-refractivity contribution >= 4 is 17.5 Å². The fourth-order valence-corrected chi connectivity index (χ4v) is 4.15. The van der Waals surface area contributed by atoms with Crippen LogP contribution in [0.5, 0.6) is 11.5 Å². The van der Waals surface area contributed by atoms with Gasteiger partial charge in [0.05, 0.1) is 12.6 Å².